The van der Waals surface area contributed by atoms with E-state index in [-0.39, 0.29) is 28.6 Å². The van der Waals surface area contributed by atoms with Crippen LogP contribution in [0.4, 0.5) is 13.2 Å². The Morgan fingerprint density at radius 3 is 2.52 bits per heavy atom. The van der Waals surface area contributed by atoms with Crippen molar-refractivity contribution >= 4 is 36.2 Å². The van der Waals surface area contributed by atoms with Crippen LogP contribution in [0.5, 0.6) is 0 Å². The van der Waals surface area contributed by atoms with Crippen LogP contribution in [0.3, 0.4) is 0 Å². The van der Waals surface area contributed by atoms with Crippen LogP contribution in [0.25, 0.3) is 0 Å². The minimum absolute atomic E-state index is 0.0119. The zero-order valence-electron chi connectivity index (χ0n) is 10.4. The highest BCUT2D eigenvalue weighted by atomic mass is 127. The van der Waals surface area contributed by atoms with Crippen LogP contribution in [0.2, 0.25) is 0 Å². The van der Waals surface area contributed by atoms with Gasteiger partial charge in [0, 0.05) is 12.0 Å². The first-order chi connectivity index (χ1) is 9.55. The predicted octanol–water partition coefficient (Wildman–Crippen LogP) is 2.46. The molecule has 1 unspecified atom stereocenters. The number of carbonyl (C=O) groups excluding carboxylic acids is 1. The summed E-state index contributed by atoms with van der Waals surface area (Å²) in [5.74, 6) is 0. The number of carbonyl (C=O) groups is 1. The zero-order valence-corrected chi connectivity index (χ0v) is 13.4. The number of rotatable bonds is 3. The number of hydrogen-bond acceptors (Lipinski definition) is 4. The topological polar surface area (TPSA) is 71.4 Å². The van der Waals surface area contributed by atoms with E-state index in [1.807, 2.05) is 0 Å². The van der Waals surface area contributed by atoms with E-state index >= 15 is 0 Å². The summed E-state index contributed by atoms with van der Waals surface area (Å²) in [6.07, 6.45) is -0.891. The van der Waals surface area contributed by atoms with Gasteiger partial charge < -0.3 is 5.11 Å². The summed E-state index contributed by atoms with van der Waals surface area (Å²) in [6, 6.07) is 2.04. The fourth-order valence-electron chi connectivity index (χ4n) is 2.45. The quantitative estimate of drug-likeness (QED) is 0.587. The van der Waals surface area contributed by atoms with Crippen molar-refractivity contribution in [3.05, 3.63) is 28.8 Å². The van der Waals surface area contributed by atoms with Gasteiger partial charge in [0.25, 0.3) is 9.84 Å². The Bertz CT molecular complexity index is 697. The first kappa shape index (κ1) is 16.7. The summed E-state index contributed by atoms with van der Waals surface area (Å²) in [4.78, 5) is 10.2. The second kappa shape index (κ2) is 5.51. The van der Waals surface area contributed by atoms with E-state index in [9.17, 15) is 31.5 Å². The van der Waals surface area contributed by atoms with E-state index in [1.165, 1.54) is 6.07 Å². The average Bonchev–Trinajstić information content (AvgIpc) is 2.70. The molecule has 21 heavy (non-hydrogen) atoms. The Morgan fingerprint density at radius 1 is 1.38 bits per heavy atom. The zero-order chi connectivity index (χ0) is 16.0. The molecule has 0 aromatic heterocycles. The lowest BCUT2D eigenvalue weighted by Gasteiger charge is -2.16. The number of benzene rings is 1. The minimum Gasteiger partial charge on any atom is -0.388 e. The lowest BCUT2D eigenvalue weighted by atomic mass is 10.0. The number of aliphatic hydroxyl groups is 1. The molecule has 1 aliphatic carbocycles. The summed E-state index contributed by atoms with van der Waals surface area (Å²) in [6.45, 7) is 0. The number of hydrogen-bond donors (Lipinski definition) is 1. The highest BCUT2D eigenvalue weighted by Gasteiger charge is 2.49. The van der Waals surface area contributed by atoms with E-state index in [4.69, 9.17) is 0 Å². The van der Waals surface area contributed by atoms with Crippen LogP contribution in [0.1, 0.15) is 29.2 Å². The van der Waals surface area contributed by atoms with Gasteiger partial charge in [-0.25, -0.2) is 8.42 Å². The van der Waals surface area contributed by atoms with Gasteiger partial charge in [-0.3, -0.25) is 4.79 Å². The van der Waals surface area contributed by atoms with Gasteiger partial charge in [-0.15, -0.1) is 0 Å². The van der Waals surface area contributed by atoms with Crippen molar-refractivity contribution in [2.75, 3.05) is 0 Å². The van der Waals surface area contributed by atoms with Gasteiger partial charge in [0.2, 0.25) is 0 Å². The summed E-state index contributed by atoms with van der Waals surface area (Å²) in [5, 5.41) is 9.83. The first-order valence-electron chi connectivity index (χ1n) is 5.88. The van der Waals surface area contributed by atoms with Crippen LogP contribution < -0.4 is 0 Å². The number of halogens is 4. The third-order valence-corrected chi connectivity index (χ3v) is 5.26. The van der Waals surface area contributed by atoms with Gasteiger partial charge in [-0.05, 0) is 52.6 Å². The van der Waals surface area contributed by atoms with Crippen LogP contribution in [-0.4, -0.2) is 22.8 Å². The highest BCUT2D eigenvalue weighted by molar-refractivity contribution is 14.1. The molecule has 0 radical (unpaired) electrons. The molecular weight excluding hydrogens is 424 g/mol. The van der Waals surface area contributed by atoms with E-state index in [1.54, 1.807) is 22.6 Å². The molecule has 0 saturated carbocycles. The maximum atomic E-state index is 12.7. The Labute approximate surface area is 132 Å². The molecule has 0 bridgehead atoms. The van der Waals surface area contributed by atoms with E-state index in [2.05, 4.69) is 0 Å². The molecule has 116 valence electrons. The second-order valence-corrected chi connectivity index (χ2v) is 7.76. The summed E-state index contributed by atoms with van der Waals surface area (Å²) in [5.41, 5.74) is -4.86. The maximum absolute atomic E-state index is 12.7. The van der Waals surface area contributed by atoms with Gasteiger partial charge in [0.1, 0.15) is 0 Å². The molecule has 0 aliphatic heterocycles. The predicted molar refractivity (Wildman–Crippen MR) is 75.7 cm³/mol. The summed E-state index contributed by atoms with van der Waals surface area (Å²) >= 11 is 1.55. The van der Waals surface area contributed by atoms with Gasteiger partial charge in [-0.2, -0.15) is 13.2 Å². The Kier molecular flexibility index (Phi) is 4.37. The number of sulfone groups is 1. The Hall–Kier alpha value is -0.680. The molecule has 1 atom stereocenters. The van der Waals surface area contributed by atoms with E-state index < -0.39 is 26.3 Å². The highest BCUT2D eigenvalue weighted by Crippen LogP contribution is 2.42. The SMILES string of the molecule is O=C(I)Cc1ccc(S(=O)(=O)C(F)(F)F)c2c1CCC2O. The van der Waals surface area contributed by atoms with Crippen LogP contribution >= 0.6 is 22.6 Å². The van der Waals surface area contributed by atoms with Gasteiger partial charge >= 0.3 is 5.51 Å². The fraction of sp³-hybridized carbons (Fsp3) is 0.417. The Balaban J connectivity index is 2.67. The first-order valence-corrected chi connectivity index (χ1v) is 8.44. The normalized spacial score (nSPS) is 18.6. The van der Waals surface area contributed by atoms with Crippen molar-refractivity contribution in [1.82, 2.24) is 0 Å². The number of alkyl halides is 3. The molecule has 4 nitrogen and oxygen atoms in total. The lowest BCUT2D eigenvalue weighted by Crippen LogP contribution is -2.25. The van der Waals surface area contributed by atoms with Gasteiger partial charge in [-0.1, -0.05) is 6.07 Å². The number of fused-ring (bicyclic) bond motifs is 1. The van der Waals surface area contributed by atoms with Crippen molar-refractivity contribution < 1.29 is 31.5 Å². The molecule has 1 N–H and O–H groups in total. The molecule has 1 aromatic rings. The summed E-state index contributed by atoms with van der Waals surface area (Å²) in [7, 11) is -5.53. The third kappa shape index (κ3) is 2.95. The van der Waals surface area contributed by atoms with Gasteiger partial charge in [0.05, 0.1) is 11.0 Å². The maximum Gasteiger partial charge on any atom is 0.501 e. The minimum atomic E-state index is -5.53. The van der Waals surface area contributed by atoms with Crippen LogP contribution in [-0.2, 0) is 27.5 Å². The molecule has 0 spiro atoms. The molecule has 0 heterocycles. The molecule has 9 heteroatoms. The smallest absolute Gasteiger partial charge is 0.388 e. The van der Waals surface area contributed by atoms with Crippen molar-refractivity contribution in [3.8, 4) is 0 Å². The van der Waals surface area contributed by atoms with Crippen molar-refractivity contribution in [3.63, 3.8) is 0 Å². The molecule has 1 aliphatic rings. The molecular formula is C12H10F3IO4S. The van der Waals surface area contributed by atoms with Crippen molar-refractivity contribution in [2.45, 2.75) is 35.8 Å². The van der Waals surface area contributed by atoms with Crippen LogP contribution in [0.15, 0.2) is 17.0 Å². The standard InChI is InChI=1S/C12H10F3IO4S/c13-12(14,15)21(19,20)9-4-1-6(5-10(16)18)7-2-3-8(17)11(7)9/h1,4,8,17H,2-3,5H2. The largest absolute Gasteiger partial charge is 0.501 e. The average molecular weight is 434 g/mol. The molecule has 0 fully saturated rings. The molecule has 1 aromatic carbocycles. The lowest BCUT2D eigenvalue weighted by molar-refractivity contribution is -0.108. The second-order valence-electron chi connectivity index (χ2n) is 4.65. The van der Waals surface area contributed by atoms with E-state index in [0.717, 1.165) is 6.07 Å². The third-order valence-electron chi connectivity index (χ3n) is 3.34. The molecule has 2 rings (SSSR count). The molecule has 0 saturated heterocycles. The number of aliphatic hydroxyl groups excluding tert-OH is 1. The fourth-order valence-corrected chi connectivity index (χ4v) is 3.90. The Morgan fingerprint density at radius 2 is 2.00 bits per heavy atom. The summed E-state index contributed by atoms with van der Waals surface area (Å²) < 4.78 is 61.1. The van der Waals surface area contributed by atoms with Gasteiger partial charge in [0.15, 0.2) is 3.79 Å². The monoisotopic (exact) mass is 434 g/mol. The van der Waals surface area contributed by atoms with Crippen LogP contribution in [0, 0.1) is 0 Å². The van der Waals surface area contributed by atoms with Crippen molar-refractivity contribution in [2.24, 2.45) is 0 Å². The molecule has 0 amide bonds. The van der Waals surface area contributed by atoms with E-state index in [0.29, 0.717) is 11.1 Å². The van der Waals surface area contributed by atoms with Crippen molar-refractivity contribution in [1.29, 1.82) is 0 Å².